The van der Waals surface area contributed by atoms with E-state index in [0.717, 1.165) is 12.8 Å². The molecular formula is C9H12O4S. The van der Waals surface area contributed by atoms with E-state index in [1.54, 1.807) is 0 Å². The molecule has 78 valence electrons. The van der Waals surface area contributed by atoms with E-state index >= 15 is 0 Å². The summed E-state index contributed by atoms with van der Waals surface area (Å²) in [6, 6.07) is 0. The zero-order valence-corrected chi connectivity index (χ0v) is 8.71. The van der Waals surface area contributed by atoms with E-state index in [-0.39, 0.29) is 28.5 Å². The van der Waals surface area contributed by atoms with Crippen LogP contribution in [0.5, 0.6) is 0 Å². The predicted octanol–water partition coefficient (Wildman–Crippen LogP) is 0.425. The molecule has 0 radical (unpaired) electrons. The smallest absolute Gasteiger partial charge is 0.271 e. The molecule has 0 aromatic rings. The van der Waals surface area contributed by atoms with Crippen LogP contribution in [0.4, 0.5) is 0 Å². The molecule has 2 aliphatic heterocycles. The molecule has 0 aromatic carbocycles. The van der Waals surface area contributed by atoms with Gasteiger partial charge in [-0.1, -0.05) is 6.92 Å². The first kappa shape index (κ1) is 8.07. The minimum Gasteiger partial charge on any atom is -0.365 e. The number of epoxide rings is 1. The summed E-state index contributed by atoms with van der Waals surface area (Å²) in [5.74, 6) is 0. The third kappa shape index (κ3) is 0.502. The minimum absolute atomic E-state index is 0.0880. The van der Waals surface area contributed by atoms with Crippen molar-refractivity contribution in [2.24, 2.45) is 5.41 Å². The SMILES string of the molecule is CCC12C3CC14OC4CC2S(=O)(=O)O3. The average molecular weight is 216 g/mol. The molecule has 1 spiro atoms. The Morgan fingerprint density at radius 2 is 2.21 bits per heavy atom. The quantitative estimate of drug-likeness (QED) is 0.471. The van der Waals surface area contributed by atoms with E-state index in [2.05, 4.69) is 6.92 Å². The van der Waals surface area contributed by atoms with Crippen molar-refractivity contribution in [3.05, 3.63) is 0 Å². The fourth-order valence-electron chi connectivity index (χ4n) is 4.20. The maximum Gasteiger partial charge on any atom is 0.271 e. The van der Waals surface area contributed by atoms with E-state index in [4.69, 9.17) is 8.92 Å². The van der Waals surface area contributed by atoms with Crippen molar-refractivity contribution in [2.45, 2.75) is 49.2 Å². The molecule has 4 nitrogen and oxygen atoms in total. The lowest BCUT2D eigenvalue weighted by atomic mass is 9.57. The highest BCUT2D eigenvalue weighted by molar-refractivity contribution is 7.87. The summed E-state index contributed by atoms with van der Waals surface area (Å²) in [6.07, 6.45) is 2.43. The Labute approximate surface area is 82.7 Å². The molecule has 5 unspecified atom stereocenters. The van der Waals surface area contributed by atoms with E-state index in [0.29, 0.717) is 6.42 Å². The van der Waals surface area contributed by atoms with Crippen LogP contribution in [0.15, 0.2) is 0 Å². The monoisotopic (exact) mass is 216 g/mol. The van der Waals surface area contributed by atoms with Gasteiger partial charge in [-0.25, -0.2) is 0 Å². The second kappa shape index (κ2) is 1.79. The summed E-state index contributed by atoms with van der Waals surface area (Å²) < 4.78 is 34.3. The zero-order valence-electron chi connectivity index (χ0n) is 7.89. The summed E-state index contributed by atoms with van der Waals surface area (Å²) in [4.78, 5) is 0. The van der Waals surface area contributed by atoms with Gasteiger partial charge in [-0.2, -0.15) is 8.42 Å². The summed E-state index contributed by atoms with van der Waals surface area (Å²) in [6.45, 7) is 2.05. The normalized spacial score (nSPS) is 65.6. The van der Waals surface area contributed by atoms with Crippen LogP contribution >= 0.6 is 0 Å². The molecule has 2 heterocycles. The molecule has 4 rings (SSSR count). The van der Waals surface area contributed by atoms with Gasteiger partial charge >= 0.3 is 0 Å². The van der Waals surface area contributed by atoms with E-state index < -0.39 is 10.1 Å². The first-order chi connectivity index (χ1) is 6.57. The van der Waals surface area contributed by atoms with Crippen molar-refractivity contribution < 1.29 is 17.3 Å². The molecule has 2 saturated carbocycles. The number of hydrogen-bond donors (Lipinski definition) is 0. The predicted molar refractivity (Wildman–Crippen MR) is 47.1 cm³/mol. The number of hydrogen-bond acceptors (Lipinski definition) is 4. The van der Waals surface area contributed by atoms with Gasteiger partial charge in [0.15, 0.2) is 0 Å². The first-order valence-electron chi connectivity index (χ1n) is 5.17. The lowest BCUT2D eigenvalue weighted by Crippen LogP contribution is -2.59. The molecule has 0 bridgehead atoms. The second-order valence-electron chi connectivity index (χ2n) is 4.90. The summed E-state index contributed by atoms with van der Waals surface area (Å²) in [5.41, 5.74) is -0.281. The van der Waals surface area contributed by atoms with Crippen molar-refractivity contribution in [1.82, 2.24) is 0 Å². The molecule has 2 aliphatic carbocycles. The highest BCUT2D eigenvalue weighted by Gasteiger charge is 2.90. The molecule has 2 saturated heterocycles. The van der Waals surface area contributed by atoms with Gasteiger partial charge in [-0.3, -0.25) is 4.18 Å². The zero-order chi connectivity index (χ0) is 9.77. The fraction of sp³-hybridized carbons (Fsp3) is 1.00. The summed E-state index contributed by atoms with van der Waals surface area (Å²) in [5, 5.41) is -0.280. The van der Waals surface area contributed by atoms with Crippen molar-refractivity contribution in [3.63, 3.8) is 0 Å². The van der Waals surface area contributed by atoms with Crippen molar-refractivity contribution in [3.8, 4) is 0 Å². The van der Waals surface area contributed by atoms with Gasteiger partial charge in [0.25, 0.3) is 10.1 Å². The van der Waals surface area contributed by atoms with Crippen LogP contribution in [0.2, 0.25) is 0 Å². The standard InChI is InChI=1S/C9H12O4S/c1-2-8-6-4-9(8)5(12-9)3-7(8)14(10,11)13-6/h5-7H,2-4H2,1H3. The molecule has 5 heteroatoms. The Hall–Kier alpha value is -0.130. The lowest BCUT2D eigenvalue weighted by Gasteiger charge is -2.47. The van der Waals surface area contributed by atoms with Crippen molar-refractivity contribution >= 4 is 10.1 Å². The van der Waals surface area contributed by atoms with E-state index in [1.165, 1.54) is 0 Å². The van der Waals surface area contributed by atoms with Crippen LogP contribution in [0.1, 0.15) is 26.2 Å². The molecule has 0 aromatic heterocycles. The molecule has 0 N–H and O–H groups in total. The molecule has 0 amide bonds. The van der Waals surface area contributed by atoms with Gasteiger partial charge < -0.3 is 4.74 Å². The lowest BCUT2D eigenvalue weighted by molar-refractivity contribution is -0.0951. The average Bonchev–Trinajstić information content (AvgIpc) is 2.69. The summed E-state index contributed by atoms with van der Waals surface area (Å²) >= 11 is 0. The molecule has 4 fully saturated rings. The van der Waals surface area contributed by atoms with Gasteiger partial charge in [-0.05, 0) is 12.8 Å². The molecule has 14 heavy (non-hydrogen) atoms. The maximum absolute atomic E-state index is 11.7. The van der Waals surface area contributed by atoms with Crippen LogP contribution < -0.4 is 0 Å². The van der Waals surface area contributed by atoms with Crippen LogP contribution in [-0.4, -0.2) is 31.5 Å². The third-order valence-corrected chi connectivity index (χ3v) is 6.66. The Bertz CT molecular complexity index is 430. The van der Waals surface area contributed by atoms with E-state index in [9.17, 15) is 8.42 Å². The van der Waals surface area contributed by atoms with Gasteiger partial charge in [0.05, 0.1) is 12.2 Å². The van der Waals surface area contributed by atoms with Gasteiger partial charge in [0.1, 0.15) is 10.9 Å². The first-order valence-corrected chi connectivity index (χ1v) is 6.64. The van der Waals surface area contributed by atoms with Gasteiger partial charge in [0, 0.05) is 11.8 Å². The van der Waals surface area contributed by atoms with Gasteiger partial charge in [0.2, 0.25) is 0 Å². The Morgan fingerprint density at radius 3 is 2.86 bits per heavy atom. The molecular weight excluding hydrogens is 204 g/mol. The highest BCUT2D eigenvalue weighted by atomic mass is 32.2. The van der Waals surface area contributed by atoms with Crippen molar-refractivity contribution in [2.75, 3.05) is 0 Å². The van der Waals surface area contributed by atoms with E-state index in [1.807, 2.05) is 0 Å². The minimum atomic E-state index is -3.29. The Balaban J connectivity index is 1.95. The van der Waals surface area contributed by atoms with Crippen LogP contribution in [0.25, 0.3) is 0 Å². The number of ether oxygens (including phenoxy) is 1. The van der Waals surface area contributed by atoms with Crippen LogP contribution in [-0.2, 0) is 19.0 Å². The Kier molecular flexibility index (Phi) is 1.03. The second-order valence-corrected chi connectivity index (χ2v) is 6.64. The van der Waals surface area contributed by atoms with Gasteiger partial charge in [-0.15, -0.1) is 0 Å². The maximum atomic E-state index is 11.7. The van der Waals surface area contributed by atoms with Crippen LogP contribution in [0, 0.1) is 5.41 Å². The molecule has 5 atom stereocenters. The van der Waals surface area contributed by atoms with Crippen LogP contribution in [0.3, 0.4) is 0 Å². The Morgan fingerprint density at radius 1 is 1.43 bits per heavy atom. The largest absolute Gasteiger partial charge is 0.365 e. The summed E-state index contributed by atoms with van der Waals surface area (Å²) in [7, 11) is -3.29. The topological polar surface area (TPSA) is 55.9 Å². The molecule has 4 aliphatic rings. The van der Waals surface area contributed by atoms with Crippen molar-refractivity contribution in [1.29, 1.82) is 0 Å². The third-order valence-electron chi connectivity index (χ3n) is 4.85. The fourth-order valence-corrected chi connectivity index (χ4v) is 6.34. The highest BCUT2D eigenvalue weighted by Crippen LogP contribution is 2.78. The number of rotatable bonds is 1.